The molecular formula is C21H19F2N3O4S2. The number of piperidine rings is 1. The molecule has 0 N–H and O–H groups in total. The van der Waals surface area contributed by atoms with Gasteiger partial charge < -0.3 is 4.90 Å². The van der Waals surface area contributed by atoms with Crippen molar-refractivity contribution in [3.63, 3.8) is 0 Å². The van der Waals surface area contributed by atoms with Crippen LogP contribution in [0.2, 0.25) is 0 Å². The van der Waals surface area contributed by atoms with Gasteiger partial charge in [-0.25, -0.2) is 22.2 Å². The lowest BCUT2D eigenvalue weighted by Crippen LogP contribution is -2.39. The lowest BCUT2D eigenvalue weighted by molar-refractivity contribution is -0.384. The zero-order chi connectivity index (χ0) is 22.9. The lowest BCUT2D eigenvalue weighted by Gasteiger charge is -2.31. The van der Waals surface area contributed by atoms with Gasteiger partial charge in [0.1, 0.15) is 0 Å². The molecule has 2 heterocycles. The second kappa shape index (κ2) is 8.91. The normalized spacial score (nSPS) is 15.1. The highest BCUT2D eigenvalue weighted by Gasteiger charge is 2.32. The van der Waals surface area contributed by atoms with Crippen LogP contribution in [0, 0.1) is 21.7 Å². The molecule has 0 radical (unpaired) electrons. The van der Waals surface area contributed by atoms with Crippen LogP contribution in [-0.2, 0) is 16.3 Å². The fourth-order valence-corrected chi connectivity index (χ4v) is 6.30. The number of nitrogens with zero attached hydrogens (tertiary/aromatic N) is 3. The average molecular weight is 480 g/mol. The van der Waals surface area contributed by atoms with E-state index in [9.17, 15) is 27.3 Å². The summed E-state index contributed by atoms with van der Waals surface area (Å²) in [7, 11) is -3.59. The first-order chi connectivity index (χ1) is 15.2. The quantitative estimate of drug-likeness (QED) is 0.385. The van der Waals surface area contributed by atoms with Gasteiger partial charge in [-0.05, 0) is 42.7 Å². The number of nitro groups is 1. The largest absolute Gasteiger partial charge is 0.348 e. The molecule has 0 spiro atoms. The highest BCUT2D eigenvalue weighted by atomic mass is 32.2. The molecule has 2 aromatic carbocycles. The number of benzene rings is 2. The van der Waals surface area contributed by atoms with E-state index in [4.69, 9.17) is 0 Å². The van der Waals surface area contributed by atoms with Crippen molar-refractivity contribution >= 4 is 32.0 Å². The molecular weight excluding hydrogens is 460 g/mol. The summed E-state index contributed by atoms with van der Waals surface area (Å²) in [5.41, 5.74) is 1.20. The van der Waals surface area contributed by atoms with Crippen LogP contribution in [0.4, 0.5) is 19.6 Å². The number of hydrogen-bond donors (Lipinski definition) is 0. The third kappa shape index (κ3) is 4.63. The smallest absolute Gasteiger partial charge is 0.269 e. The standard InChI is InChI=1S/C21H19F2N3O4S2/c22-19-6-1-14(12-20(19)23)11-15-13-31-21(24-15)25-9-7-18(8-10-25)32(29,30)17-4-2-16(3-5-17)26(27)28/h1-6,12-13,18H,7-11H2. The molecule has 0 unspecified atom stereocenters. The summed E-state index contributed by atoms with van der Waals surface area (Å²) in [6.45, 7) is 1.02. The molecule has 1 saturated heterocycles. The maximum atomic E-state index is 13.4. The third-order valence-corrected chi connectivity index (χ3v) is 8.66. The predicted molar refractivity (Wildman–Crippen MR) is 117 cm³/mol. The first kappa shape index (κ1) is 22.3. The van der Waals surface area contributed by atoms with Gasteiger partial charge >= 0.3 is 0 Å². The van der Waals surface area contributed by atoms with Gasteiger partial charge in [-0.3, -0.25) is 10.1 Å². The van der Waals surface area contributed by atoms with Crippen molar-refractivity contribution in [3.05, 3.63) is 80.9 Å². The van der Waals surface area contributed by atoms with E-state index in [0.717, 1.165) is 23.0 Å². The highest BCUT2D eigenvalue weighted by Crippen LogP contribution is 2.30. The van der Waals surface area contributed by atoms with Crippen LogP contribution in [0.3, 0.4) is 0 Å². The van der Waals surface area contributed by atoms with Crippen molar-refractivity contribution in [2.75, 3.05) is 18.0 Å². The summed E-state index contributed by atoms with van der Waals surface area (Å²) in [5, 5.41) is 12.8. The number of rotatable bonds is 6. The van der Waals surface area contributed by atoms with E-state index in [-0.39, 0.29) is 10.6 Å². The number of hydrogen-bond acceptors (Lipinski definition) is 7. The van der Waals surface area contributed by atoms with Crippen molar-refractivity contribution in [2.45, 2.75) is 29.4 Å². The Morgan fingerprint density at radius 2 is 1.78 bits per heavy atom. The molecule has 0 aliphatic carbocycles. The number of nitro benzene ring substituents is 1. The lowest BCUT2D eigenvalue weighted by atomic mass is 10.1. The van der Waals surface area contributed by atoms with Gasteiger partial charge in [0, 0.05) is 37.0 Å². The van der Waals surface area contributed by atoms with E-state index in [1.54, 1.807) is 0 Å². The first-order valence-corrected chi connectivity index (χ1v) is 12.3. The van der Waals surface area contributed by atoms with Crippen LogP contribution in [0.1, 0.15) is 24.1 Å². The van der Waals surface area contributed by atoms with Gasteiger partial charge in [-0.15, -0.1) is 11.3 Å². The summed E-state index contributed by atoms with van der Waals surface area (Å²) in [5.74, 6) is -1.78. The maximum Gasteiger partial charge on any atom is 0.269 e. The SMILES string of the molecule is O=[N+]([O-])c1ccc(S(=O)(=O)C2CCN(c3nc(Cc4ccc(F)c(F)c4)cs3)CC2)cc1. The molecule has 0 saturated carbocycles. The van der Waals surface area contributed by atoms with E-state index in [0.29, 0.717) is 37.9 Å². The predicted octanol–water partition coefficient (Wildman–Crippen LogP) is 4.36. The fourth-order valence-electron chi connectivity index (χ4n) is 3.69. The van der Waals surface area contributed by atoms with Crippen LogP contribution in [0.25, 0.3) is 0 Å². The average Bonchev–Trinajstić information content (AvgIpc) is 3.25. The molecule has 11 heteroatoms. The Bertz CT molecular complexity index is 1240. The summed E-state index contributed by atoms with van der Waals surface area (Å²) < 4.78 is 52.3. The Morgan fingerprint density at radius 1 is 1.09 bits per heavy atom. The fraction of sp³-hybridized carbons (Fsp3) is 0.286. The van der Waals surface area contributed by atoms with Crippen LogP contribution in [-0.4, -0.2) is 36.7 Å². The molecule has 4 rings (SSSR count). The second-order valence-electron chi connectivity index (χ2n) is 7.53. The topological polar surface area (TPSA) is 93.4 Å². The molecule has 1 aliphatic heterocycles. The Morgan fingerprint density at radius 3 is 2.41 bits per heavy atom. The monoisotopic (exact) mass is 479 g/mol. The first-order valence-electron chi connectivity index (χ1n) is 9.85. The van der Waals surface area contributed by atoms with Gasteiger partial charge in [0.25, 0.3) is 5.69 Å². The van der Waals surface area contributed by atoms with Crippen molar-refractivity contribution < 1.29 is 22.1 Å². The van der Waals surface area contributed by atoms with E-state index in [1.165, 1.54) is 41.7 Å². The van der Waals surface area contributed by atoms with Gasteiger partial charge in [0.15, 0.2) is 26.6 Å². The van der Waals surface area contributed by atoms with Gasteiger partial charge in [-0.2, -0.15) is 0 Å². The number of anilines is 1. The molecule has 32 heavy (non-hydrogen) atoms. The molecule has 1 aromatic heterocycles. The van der Waals surface area contributed by atoms with Gasteiger partial charge in [-0.1, -0.05) is 6.07 Å². The number of sulfone groups is 1. The van der Waals surface area contributed by atoms with Crippen molar-refractivity contribution in [1.82, 2.24) is 4.98 Å². The van der Waals surface area contributed by atoms with Crippen molar-refractivity contribution in [1.29, 1.82) is 0 Å². The van der Waals surface area contributed by atoms with E-state index < -0.39 is 31.6 Å². The molecule has 0 bridgehead atoms. The minimum absolute atomic E-state index is 0.0876. The Balaban J connectivity index is 1.39. The maximum absolute atomic E-state index is 13.4. The minimum Gasteiger partial charge on any atom is -0.348 e. The summed E-state index contributed by atoms with van der Waals surface area (Å²) in [4.78, 5) is 16.9. The van der Waals surface area contributed by atoms with Gasteiger partial charge in [0.2, 0.25) is 0 Å². The molecule has 168 valence electrons. The van der Waals surface area contributed by atoms with E-state index >= 15 is 0 Å². The van der Waals surface area contributed by atoms with Crippen molar-refractivity contribution in [2.24, 2.45) is 0 Å². The Kier molecular flexibility index (Phi) is 6.20. The number of aromatic nitrogens is 1. The minimum atomic E-state index is -3.59. The van der Waals surface area contributed by atoms with Crippen LogP contribution in [0.15, 0.2) is 52.7 Å². The summed E-state index contributed by atoms with van der Waals surface area (Å²) in [6, 6.07) is 8.73. The zero-order valence-electron chi connectivity index (χ0n) is 16.8. The Hall–Kier alpha value is -2.92. The molecule has 0 amide bonds. The summed E-state index contributed by atoms with van der Waals surface area (Å²) >= 11 is 1.43. The molecule has 1 aliphatic rings. The van der Waals surface area contributed by atoms with E-state index in [2.05, 4.69) is 4.98 Å². The second-order valence-corrected chi connectivity index (χ2v) is 10.6. The zero-order valence-corrected chi connectivity index (χ0v) is 18.4. The third-order valence-electron chi connectivity index (χ3n) is 5.44. The van der Waals surface area contributed by atoms with Crippen LogP contribution < -0.4 is 4.90 Å². The Labute approximate surface area is 187 Å². The van der Waals surface area contributed by atoms with Crippen LogP contribution in [0.5, 0.6) is 0 Å². The molecule has 7 nitrogen and oxygen atoms in total. The molecule has 3 aromatic rings. The van der Waals surface area contributed by atoms with Crippen molar-refractivity contribution in [3.8, 4) is 0 Å². The number of non-ortho nitro benzene ring substituents is 1. The van der Waals surface area contributed by atoms with Gasteiger partial charge in [0.05, 0.1) is 20.8 Å². The highest BCUT2D eigenvalue weighted by molar-refractivity contribution is 7.92. The van der Waals surface area contributed by atoms with Crippen LogP contribution >= 0.6 is 11.3 Å². The number of halogens is 2. The number of thiazole rings is 1. The van der Waals surface area contributed by atoms with E-state index in [1.807, 2.05) is 10.3 Å². The molecule has 1 fully saturated rings. The summed E-state index contributed by atoms with van der Waals surface area (Å²) in [6.07, 6.45) is 1.20. The molecule has 0 atom stereocenters.